The van der Waals surface area contributed by atoms with Crippen molar-refractivity contribution in [3.8, 4) is 5.88 Å². The Bertz CT molecular complexity index is 526. The summed E-state index contributed by atoms with van der Waals surface area (Å²) in [4.78, 5) is 4.60. The second-order valence-corrected chi connectivity index (χ2v) is 4.52. The molecule has 0 fully saturated rings. The van der Waals surface area contributed by atoms with Gasteiger partial charge in [-0.3, -0.25) is 0 Å². The number of nitrogens with zero attached hydrogens (tertiary/aromatic N) is 1. The number of anilines is 1. The van der Waals surface area contributed by atoms with Crippen LogP contribution < -0.4 is 10.5 Å². The highest BCUT2D eigenvalue weighted by atomic mass is 32.1. The Morgan fingerprint density at radius 1 is 1.33 bits per heavy atom. The highest BCUT2D eigenvalue weighted by Crippen LogP contribution is 2.32. The number of hydrogen-bond acceptors (Lipinski definition) is 4. The first-order valence-electron chi connectivity index (χ1n) is 4.95. The zero-order chi connectivity index (χ0) is 13.2. The van der Waals surface area contributed by atoms with E-state index in [-0.39, 0.29) is 18.3 Å². The normalized spacial score (nSPS) is 11.5. The average Bonchev–Trinajstić information content (AvgIpc) is 2.77. The van der Waals surface area contributed by atoms with E-state index in [2.05, 4.69) is 4.98 Å². The van der Waals surface area contributed by atoms with Crippen molar-refractivity contribution in [2.24, 2.45) is 0 Å². The summed E-state index contributed by atoms with van der Waals surface area (Å²) in [5, 5.41) is 1.85. The van der Waals surface area contributed by atoms with Crippen LogP contribution in [0.5, 0.6) is 5.88 Å². The quantitative estimate of drug-likeness (QED) is 0.934. The van der Waals surface area contributed by atoms with E-state index >= 15 is 0 Å². The lowest BCUT2D eigenvalue weighted by Gasteiger charge is -2.10. The number of aromatic nitrogens is 1. The molecule has 0 spiro atoms. The number of nitrogens with two attached hydrogens (primary N) is 1. The third kappa shape index (κ3) is 3.13. The number of nitrogen functional groups attached to an aromatic ring is 1. The minimum absolute atomic E-state index is 0.129. The minimum Gasteiger partial charge on any atom is -0.472 e. The number of alkyl halides is 3. The third-order valence-corrected chi connectivity index (χ3v) is 2.94. The Kier molecular flexibility index (Phi) is 3.42. The molecule has 0 unspecified atom stereocenters. The molecule has 3 nitrogen and oxygen atoms in total. The summed E-state index contributed by atoms with van der Waals surface area (Å²) >= 11 is 1.45. The molecule has 0 aliphatic heterocycles. The largest absolute Gasteiger partial charge is 0.472 e. The Hall–Kier alpha value is -1.76. The van der Waals surface area contributed by atoms with Gasteiger partial charge in [0.25, 0.3) is 0 Å². The van der Waals surface area contributed by atoms with Gasteiger partial charge in [-0.15, -0.1) is 11.3 Å². The van der Waals surface area contributed by atoms with Crippen LogP contribution in [0.4, 0.5) is 19.0 Å². The topological polar surface area (TPSA) is 48.1 Å². The monoisotopic (exact) mass is 274 g/mol. The van der Waals surface area contributed by atoms with Crippen LogP contribution in [0.1, 0.15) is 10.4 Å². The minimum atomic E-state index is -4.46. The van der Waals surface area contributed by atoms with Crippen molar-refractivity contribution in [2.45, 2.75) is 12.8 Å². The number of thiophene rings is 1. The molecule has 7 heteroatoms. The van der Waals surface area contributed by atoms with Gasteiger partial charge in [0.05, 0.1) is 5.56 Å². The lowest BCUT2D eigenvalue weighted by molar-refractivity contribution is -0.137. The fourth-order valence-electron chi connectivity index (χ4n) is 1.30. The molecule has 2 aromatic rings. The SMILES string of the molecule is Nc1cc(C(F)(F)F)cc(OCc2cccs2)n1. The van der Waals surface area contributed by atoms with E-state index in [0.29, 0.717) is 0 Å². The van der Waals surface area contributed by atoms with Crippen molar-refractivity contribution in [3.63, 3.8) is 0 Å². The van der Waals surface area contributed by atoms with Crippen LogP contribution in [0.15, 0.2) is 29.6 Å². The van der Waals surface area contributed by atoms with E-state index in [9.17, 15) is 13.2 Å². The van der Waals surface area contributed by atoms with Gasteiger partial charge in [0.15, 0.2) is 0 Å². The molecule has 2 aromatic heterocycles. The maximum atomic E-state index is 12.5. The number of ether oxygens (including phenoxy) is 1. The molecular formula is C11H9F3N2OS. The van der Waals surface area contributed by atoms with Gasteiger partial charge in [-0.05, 0) is 17.5 Å². The van der Waals surface area contributed by atoms with Gasteiger partial charge in [-0.1, -0.05) is 6.07 Å². The summed E-state index contributed by atoms with van der Waals surface area (Å²) in [6, 6.07) is 5.26. The summed E-state index contributed by atoms with van der Waals surface area (Å²) in [6.07, 6.45) is -4.46. The molecule has 0 aliphatic rings. The second kappa shape index (κ2) is 4.85. The van der Waals surface area contributed by atoms with Crippen LogP contribution in [0.2, 0.25) is 0 Å². The van der Waals surface area contributed by atoms with Crippen LogP contribution in [-0.4, -0.2) is 4.98 Å². The molecule has 0 amide bonds. The molecular weight excluding hydrogens is 265 g/mol. The van der Waals surface area contributed by atoms with Gasteiger partial charge in [-0.2, -0.15) is 18.2 Å². The van der Waals surface area contributed by atoms with Gasteiger partial charge in [0, 0.05) is 10.9 Å². The first-order chi connectivity index (χ1) is 8.45. The lowest BCUT2D eigenvalue weighted by Crippen LogP contribution is -2.08. The molecule has 0 radical (unpaired) electrons. The molecule has 2 heterocycles. The van der Waals surface area contributed by atoms with E-state index in [1.807, 2.05) is 17.5 Å². The molecule has 2 rings (SSSR count). The van der Waals surface area contributed by atoms with E-state index in [1.165, 1.54) is 11.3 Å². The molecule has 0 aliphatic carbocycles. The van der Waals surface area contributed by atoms with Gasteiger partial charge in [0.2, 0.25) is 5.88 Å². The van der Waals surface area contributed by atoms with Gasteiger partial charge in [-0.25, -0.2) is 0 Å². The molecule has 0 saturated carbocycles. The van der Waals surface area contributed by atoms with E-state index in [4.69, 9.17) is 10.5 Å². The third-order valence-electron chi connectivity index (χ3n) is 2.09. The van der Waals surface area contributed by atoms with Crippen molar-refractivity contribution >= 4 is 17.2 Å². The predicted molar refractivity (Wildman–Crippen MR) is 62.3 cm³/mol. The van der Waals surface area contributed by atoms with Crippen molar-refractivity contribution in [3.05, 3.63) is 40.1 Å². The first kappa shape index (κ1) is 12.7. The van der Waals surface area contributed by atoms with Crippen molar-refractivity contribution in [2.75, 3.05) is 5.73 Å². The van der Waals surface area contributed by atoms with Crippen molar-refractivity contribution in [1.29, 1.82) is 0 Å². The predicted octanol–water partition coefficient (Wildman–Crippen LogP) is 3.32. The Labute approximate surface area is 105 Å². The molecule has 96 valence electrons. The van der Waals surface area contributed by atoms with Crippen molar-refractivity contribution < 1.29 is 17.9 Å². The van der Waals surface area contributed by atoms with Crippen LogP contribution in [-0.2, 0) is 12.8 Å². The molecule has 0 saturated heterocycles. The van der Waals surface area contributed by atoms with Gasteiger partial charge in [0.1, 0.15) is 12.4 Å². The second-order valence-electron chi connectivity index (χ2n) is 3.48. The molecule has 0 aromatic carbocycles. The first-order valence-corrected chi connectivity index (χ1v) is 5.83. The summed E-state index contributed by atoms with van der Waals surface area (Å²) in [7, 11) is 0. The van der Waals surface area contributed by atoms with E-state index < -0.39 is 11.7 Å². The van der Waals surface area contributed by atoms with E-state index in [1.54, 1.807) is 0 Å². The van der Waals surface area contributed by atoms with Crippen LogP contribution in [0, 0.1) is 0 Å². The average molecular weight is 274 g/mol. The number of hydrogen-bond donors (Lipinski definition) is 1. The van der Waals surface area contributed by atoms with Gasteiger partial charge < -0.3 is 10.5 Å². The maximum Gasteiger partial charge on any atom is 0.416 e. The van der Waals surface area contributed by atoms with Crippen molar-refractivity contribution in [1.82, 2.24) is 4.98 Å². The standard InChI is InChI=1S/C11H9F3N2OS/c12-11(13,14)7-4-9(15)16-10(5-7)17-6-8-2-1-3-18-8/h1-5H,6H2,(H2,15,16). The van der Waals surface area contributed by atoms with Crippen LogP contribution >= 0.6 is 11.3 Å². The molecule has 0 atom stereocenters. The fraction of sp³-hybridized carbons (Fsp3) is 0.182. The zero-order valence-electron chi connectivity index (χ0n) is 9.07. The summed E-state index contributed by atoms with van der Waals surface area (Å²) in [5.74, 6) is -0.346. The molecule has 0 bridgehead atoms. The van der Waals surface area contributed by atoms with Crippen LogP contribution in [0.25, 0.3) is 0 Å². The zero-order valence-corrected chi connectivity index (χ0v) is 9.89. The number of halogens is 3. The Morgan fingerprint density at radius 3 is 2.72 bits per heavy atom. The highest BCUT2D eigenvalue weighted by Gasteiger charge is 2.31. The van der Waals surface area contributed by atoms with Crippen LogP contribution in [0.3, 0.4) is 0 Å². The molecule has 2 N–H and O–H groups in total. The summed E-state index contributed by atoms with van der Waals surface area (Å²) in [5.41, 5.74) is 4.45. The van der Waals surface area contributed by atoms with E-state index in [0.717, 1.165) is 17.0 Å². The smallest absolute Gasteiger partial charge is 0.416 e. The maximum absolute atomic E-state index is 12.5. The summed E-state index contributed by atoms with van der Waals surface area (Å²) in [6.45, 7) is 0.172. The Morgan fingerprint density at radius 2 is 2.11 bits per heavy atom. The van der Waals surface area contributed by atoms with Gasteiger partial charge >= 0.3 is 6.18 Å². The lowest BCUT2D eigenvalue weighted by atomic mass is 10.2. The Balaban J connectivity index is 2.15. The highest BCUT2D eigenvalue weighted by molar-refractivity contribution is 7.09. The fourth-order valence-corrected chi connectivity index (χ4v) is 1.92. The molecule has 18 heavy (non-hydrogen) atoms. The number of pyridine rings is 1. The summed E-state index contributed by atoms with van der Waals surface area (Å²) < 4.78 is 42.8. The number of rotatable bonds is 3.